The van der Waals surface area contributed by atoms with Crippen LogP contribution in [0.4, 0.5) is 4.39 Å². The van der Waals surface area contributed by atoms with E-state index in [0.717, 1.165) is 12.8 Å². The minimum absolute atomic E-state index is 0.312. The first kappa shape index (κ1) is 16.7. The van der Waals surface area contributed by atoms with Crippen molar-refractivity contribution in [3.05, 3.63) is 29.6 Å². The third kappa shape index (κ3) is 4.18. The van der Waals surface area contributed by atoms with Gasteiger partial charge in [0.25, 0.3) is 0 Å². The number of benzene rings is 1. The molecule has 1 atom stereocenters. The molecule has 22 heavy (non-hydrogen) atoms. The maximum absolute atomic E-state index is 13.5. The molecule has 0 aliphatic carbocycles. The average molecular weight is 311 g/mol. The zero-order valence-corrected chi connectivity index (χ0v) is 12.8. The van der Waals surface area contributed by atoms with Gasteiger partial charge >= 0.3 is 5.97 Å². The Morgan fingerprint density at radius 1 is 1.45 bits per heavy atom. The molecule has 1 aromatic rings. The van der Waals surface area contributed by atoms with E-state index in [9.17, 15) is 14.3 Å². The van der Waals surface area contributed by atoms with Crippen molar-refractivity contribution < 1.29 is 23.8 Å². The van der Waals surface area contributed by atoms with Gasteiger partial charge in [-0.1, -0.05) is 19.4 Å². The number of rotatable bonds is 7. The van der Waals surface area contributed by atoms with Crippen LogP contribution >= 0.6 is 0 Å². The Kier molecular flexibility index (Phi) is 6.15. The van der Waals surface area contributed by atoms with E-state index in [-0.39, 0.29) is 0 Å². The summed E-state index contributed by atoms with van der Waals surface area (Å²) in [5, 5.41) is 9.61. The molecule has 0 radical (unpaired) electrons. The van der Waals surface area contributed by atoms with Gasteiger partial charge in [0.15, 0.2) is 0 Å². The van der Waals surface area contributed by atoms with Crippen molar-refractivity contribution in [2.24, 2.45) is 0 Å². The number of ether oxygens (including phenoxy) is 2. The molecule has 1 saturated heterocycles. The number of aliphatic carboxylic acids is 1. The summed E-state index contributed by atoms with van der Waals surface area (Å²) in [6.45, 7) is 4.53. The Balaban J connectivity index is 2.27. The van der Waals surface area contributed by atoms with Crippen molar-refractivity contribution in [3.63, 3.8) is 0 Å². The fourth-order valence-electron chi connectivity index (χ4n) is 2.51. The second-order valence-corrected chi connectivity index (χ2v) is 5.27. The minimum Gasteiger partial charge on any atom is -0.493 e. The van der Waals surface area contributed by atoms with Crippen LogP contribution < -0.4 is 4.74 Å². The third-order valence-corrected chi connectivity index (χ3v) is 3.67. The van der Waals surface area contributed by atoms with E-state index in [1.54, 1.807) is 0 Å². The molecular weight excluding hydrogens is 289 g/mol. The molecule has 0 bridgehead atoms. The summed E-state index contributed by atoms with van der Waals surface area (Å²) in [7, 11) is 0. The Hall–Kier alpha value is -1.66. The van der Waals surface area contributed by atoms with Gasteiger partial charge < -0.3 is 14.6 Å². The minimum atomic E-state index is -0.964. The van der Waals surface area contributed by atoms with Gasteiger partial charge in [0.2, 0.25) is 0 Å². The van der Waals surface area contributed by atoms with E-state index < -0.39 is 17.8 Å². The zero-order chi connectivity index (χ0) is 15.9. The molecular formula is C16H22FNO4. The molecule has 6 heteroatoms. The van der Waals surface area contributed by atoms with Gasteiger partial charge in [-0.2, -0.15) is 0 Å². The molecule has 0 saturated carbocycles. The van der Waals surface area contributed by atoms with Gasteiger partial charge in [0.05, 0.1) is 19.8 Å². The summed E-state index contributed by atoms with van der Waals surface area (Å²) in [6, 6.07) is 3.20. The Morgan fingerprint density at radius 3 is 2.82 bits per heavy atom. The number of unbranched alkanes of at least 4 members (excludes halogenated alkanes) is 1. The van der Waals surface area contributed by atoms with Crippen molar-refractivity contribution in [1.29, 1.82) is 0 Å². The van der Waals surface area contributed by atoms with Crippen LogP contribution in [0, 0.1) is 5.82 Å². The highest BCUT2D eigenvalue weighted by Crippen LogP contribution is 2.31. The summed E-state index contributed by atoms with van der Waals surface area (Å²) in [5.41, 5.74) is 0.493. The van der Waals surface area contributed by atoms with Gasteiger partial charge in [-0.3, -0.25) is 9.69 Å². The van der Waals surface area contributed by atoms with E-state index in [4.69, 9.17) is 9.47 Å². The highest BCUT2D eigenvalue weighted by Gasteiger charge is 2.31. The van der Waals surface area contributed by atoms with Gasteiger partial charge in [-0.05, 0) is 12.5 Å². The number of carbonyl (C=O) groups is 1. The predicted octanol–water partition coefficient (Wildman–Crippen LogP) is 2.46. The fraction of sp³-hybridized carbons (Fsp3) is 0.562. The summed E-state index contributed by atoms with van der Waals surface area (Å²) in [4.78, 5) is 13.6. The number of carboxylic acids is 1. The van der Waals surface area contributed by atoms with E-state index in [1.807, 2.05) is 11.8 Å². The lowest BCUT2D eigenvalue weighted by atomic mass is 10.0. The molecule has 1 aliphatic heterocycles. The Labute approximate surface area is 129 Å². The topological polar surface area (TPSA) is 59.0 Å². The van der Waals surface area contributed by atoms with Crippen LogP contribution in [0.3, 0.4) is 0 Å². The van der Waals surface area contributed by atoms with Crippen LogP contribution in [0.15, 0.2) is 18.2 Å². The number of nitrogens with zero attached hydrogens (tertiary/aromatic N) is 1. The standard InChI is InChI=1S/C16H22FNO4/c1-2-3-8-22-14-11-12(17)4-5-13(14)15(16(19)20)18-6-9-21-10-7-18/h4-5,11,15H,2-3,6-10H2,1H3,(H,19,20)/t15-/m0/s1. The van der Waals surface area contributed by atoms with Crippen molar-refractivity contribution >= 4 is 5.97 Å². The van der Waals surface area contributed by atoms with E-state index in [0.29, 0.717) is 44.2 Å². The zero-order valence-electron chi connectivity index (χ0n) is 12.8. The number of morpholine rings is 1. The lowest BCUT2D eigenvalue weighted by Gasteiger charge is -2.32. The van der Waals surface area contributed by atoms with Crippen LogP contribution in [0.1, 0.15) is 31.4 Å². The Bertz CT molecular complexity index is 503. The van der Waals surface area contributed by atoms with Crippen LogP contribution in [-0.4, -0.2) is 48.9 Å². The molecule has 1 aromatic carbocycles. The number of hydrogen-bond acceptors (Lipinski definition) is 4. The van der Waals surface area contributed by atoms with Crippen molar-refractivity contribution in [2.45, 2.75) is 25.8 Å². The highest BCUT2D eigenvalue weighted by molar-refractivity contribution is 5.76. The third-order valence-electron chi connectivity index (χ3n) is 3.67. The molecule has 0 spiro atoms. The predicted molar refractivity (Wildman–Crippen MR) is 79.6 cm³/mol. The second-order valence-electron chi connectivity index (χ2n) is 5.27. The van der Waals surface area contributed by atoms with Crippen LogP contribution in [0.2, 0.25) is 0 Å². The first-order chi connectivity index (χ1) is 10.6. The van der Waals surface area contributed by atoms with E-state index in [2.05, 4.69) is 0 Å². The molecule has 1 N–H and O–H groups in total. The summed E-state index contributed by atoms with van der Waals surface area (Å²) in [6.07, 6.45) is 1.79. The first-order valence-corrected chi connectivity index (χ1v) is 7.60. The monoisotopic (exact) mass is 311 g/mol. The molecule has 0 amide bonds. The highest BCUT2D eigenvalue weighted by atomic mass is 19.1. The largest absolute Gasteiger partial charge is 0.493 e. The maximum atomic E-state index is 13.5. The quantitative estimate of drug-likeness (QED) is 0.784. The van der Waals surface area contributed by atoms with Gasteiger partial charge in [-0.25, -0.2) is 4.39 Å². The summed E-state index contributed by atoms with van der Waals surface area (Å²) < 4.78 is 24.4. The lowest BCUT2D eigenvalue weighted by Crippen LogP contribution is -2.42. The average Bonchev–Trinajstić information content (AvgIpc) is 2.50. The van der Waals surface area contributed by atoms with Crippen molar-refractivity contribution in [2.75, 3.05) is 32.9 Å². The van der Waals surface area contributed by atoms with Gasteiger partial charge in [-0.15, -0.1) is 0 Å². The van der Waals surface area contributed by atoms with Gasteiger partial charge in [0.1, 0.15) is 17.6 Å². The molecule has 1 heterocycles. The first-order valence-electron chi connectivity index (χ1n) is 7.60. The Morgan fingerprint density at radius 2 is 2.18 bits per heavy atom. The summed E-state index contributed by atoms with van der Waals surface area (Å²) >= 11 is 0. The summed E-state index contributed by atoms with van der Waals surface area (Å²) in [5.74, 6) is -1.08. The molecule has 1 aliphatic rings. The SMILES string of the molecule is CCCCOc1cc(F)ccc1[C@@H](C(=O)O)N1CCOCC1. The molecule has 122 valence electrons. The van der Waals surface area contributed by atoms with Crippen LogP contribution in [0.25, 0.3) is 0 Å². The van der Waals surface area contributed by atoms with E-state index >= 15 is 0 Å². The molecule has 0 aromatic heterocycles. The van der Waals surface area contributed by atoms with Crippen molar-refractivity contribution in [1.82, 2.24) is 4.90 Å². The lowest BCUT2D eigenvalue weighted by molar-refractivity contribution is -0.145. The number of carboxylic acid groups (broad SMARTS) is 1. The maximum Gasteiger partial charge on any atom is 0.325 e. The molecule has 5 nitrogen and oxygen atoms in total. The van der Waals surface area contributed by atoms with Crippen LogP contribution in [-0.2, 0) is 9.53 Å². The molecule has 2 rings (SSSR count). The fourth-order valence-corrected chi connectivity index (χ4v) is 2.51. The normalized spacial score (nSPS) is 17.2. The van der Waals surface area contributed by atoms with Crippen LogP contribution in [0.5, 0.6) is 5.75 Å². The van der Waals surface area contributed by atoms with Crippen molar-refractivity contribution in [3.8, 4) is 5.75 Å². The molecule has 0 unspecified atom stereocenters. The second kappa shape index (κ2) is 8.10. The smallest absolute Gasteiger partial charge is 0.325 e. The number of hydrogen-bond donors (Lipinski definition) is 1. The molecule has 1 fully saturated rings. The van der Waals surface area contributed by atoms with E-state index in [1.165, 1.54) is 18.2 Å². The number of halogens is 1. The van der Waals surface area contributed by atoms with Gasteiger partial charge in [0, 0.05) is 24.7 Å².